The first kappa shape index (κ1) is 20.2. The number of aryl methyl sites for hydroxylation is 4. The van der Waals surface area contributed by atoms with Crippen molar-refractivity contribution in [3.8, 4) is 0 Å². The SMILES string of the molecule is CCc1ccc(S(=O)(=O)Nc2ccccc2CCc2nc3ccccc3n2C)cc1. The van der Waals surface area contributed by atoms with E-state index >= 15 is 0 Å². The number of sulfonamides is 1. The molecule has 0 aliphatic rings. The maximum absolute atomic E-state index is 12.9. The van der Waals surface area contributed by atoms with Gasteiger partial charge in [-0.1, -0.05) is 49.4 Å². The highest BCUT2D eigenvalue weighted by Crippen LogP contribution is 2.23. The summed E-state index contributed by atoms with van der Waals surface area (Å²) in [5.74, 6) is 0.976. The molecule has 4 rings (SSSR count). The van der Waals surface area contributed by atoms with Crippen LogP contribution in [0.1, 0.15) is 23.9 Å². The molecule has 0 aliphatic heterocycles. The molecule has 1 N–H and O–H groups in total. The lowest BCUT2D eigenvalue weighted by Gasteiger charge is -2.13. The summed E-state index contributed by atoms with van der Waals surface area (Å²) in [5, 5.41) is 0. The van der Waals surface area contributed by atoms with Gasteiger partial charge in [-0.3, -0.25) is 4.72 Å². The van der Waals surface area contributed by atoms with Crippen LogP contribution in [0.5, 0.6) is 0 Å². The molecule has 1 heterocycles. The van der Waals surface area contributed by atoms with Gasteiger partial charge in [0, 0.05) is 13.5 Å². The van der Waals surface area contributed by atoms with Crippen LogP contribution in [-0.2, 0) is 36.3 Å². The number of rotatable bonds is 7. The number of nitrogens with zero attached hydrogens (tertiary/aromatic N) is 2. The number of hydrogen-bond acceptors (Lipinski definition) is 3. The van der Waals surface area contributed by atoms with Crippen molar-refractivity contribution in [2.45, 2.75) is 31.1 Å². The fourth-order valence-corrected chi connectivity index (χ4v) is 4.71. The molecule has 0 spiro atoms. The van der Waals surface area contributed by atoms with E-state index in [0.717, 1.165) is 40.8 Å². The highest BCUT2D eigenvalue weighted by atomic mass is 32.2. The third kappa shape index (κ3) is 4.09. The smallest absolute Gasteiger partial charge is 0.261 e. The Morgan fingerprint density at radius 2 is 1.60 bits per heavy atom. The van der Waals surface area contributed by atoms with E-state index in [1.807, 2.05) is 68.6 Å². The summed E-state index contributed by atoms with van der Waals surface area (Å²) in [7, 11) is -1.63. The lowest BCUT2D eigenvalue weighted by atomic mass is 10.1. The minimum absolute atomic E-state index is 0.268. The van der Waals surface area contributed by atoms with E-state index in [-0.39, 0.29) is 4.90 Å². The minimum Gasteiger partial charge on any atom is -0.331 e. The second-order valence-electron chi connectivity index (χ2n) is 7.34. The van der Waals surface area contributed by atoms with Crippen LogP contribution in [0.2, 0.25) is 0 Å². The summed E-state index contributed by atoms with van der Waals surface area (Å²) in [6.45, 7) is 2.04. The molecule has 30 heavy (non-hydrogen) atoms. The van der Waals surface area contributed by atoms with Gasteiger partial charge >= 0.3 is 0 Å². The Kier molecular flexibility index (Phi) is 5.59. The summed E-state index contributed by atoms with van der Waals surface area (Å²) >= 11 is 0. The molecule has 0 saturated carbocycles. The highest BCUT2D eigenvalue weighted by molar-refractivity contribution is 7.92. The molecule has 4 aromatic rings. The predicted octanol–water partition coefficient (Wildman–Crippen LogP) is 4.72. The number of imidazole rings is 1. The lowest BCUT2D eigenvalue weighted by molar-refractivity contribution is 0.601. The van der Waals surface area contributed by atoms with Gasteiger partial charge in [-0.2, -0.15) is 0 Å². The summed E-state index contributed by atoms with van der Waals surface area (Å²) < 4.78 is 30.6. The Morgan fingerprint density at radius 1 is 0.900 bits per heavy atom. The third-order valence-corrected chi connectivity index (χ3v) is 6.78. The van der Waals surface area contributed by atoms with Gasteiger partial charge in [-0.25, -0.2) is 13.4 Å². The Balaban J connectivity index is 1.55. The number of nitrogens with one attached hydrogen (secondary N) is 1. The van der Waals surface area contributed by atoms with Crippen molar-refractivity contribution in [2.75, 3.05) is 4.72 Å². The molecular weight excluding hydrogens is 394 g/mol. The van der Waals surface area contributed by atoms with Crippen molar-refractivity contribution in [1.29, 1.82) is 0 Å². The van der Waals surface area contributed by atoms with E-state index in [1.54, 1.807) is 12.1 Å². The standard InChI is InChI=1S/C24H25N3O2S/c1-3-18-12-15-20(16-13-18)30(28,29)26-21-9-5-4-8-19(21)14-17-24-25-22-10-6-7-11-23(22)27(24)2/h4-13,15-16,26H,3,14,17H2,1-2H3. The summed E-state index contributed by atoms with van der Waals surface area (Å²) in [4.78, 5) is 4.99. The van der Waals surface area contributed by atoms with Crippen LogP contribution < -0.4 is 4.72 Å². The average molecular weight is 420 g/mol. The number of aromatic nitrogens is 2. The average Bonchev–Trinajstić information content (AvgIpc) is 3.09. The molecule has 0 bridgehead atoms. The van der Waals surface area contributed by atoms with Gasteiger partial charge in [-0.05, 0) is 54.3 Å². The molecule has 6 heteroatoms. The van der Waals surface area contributed by atoms with Crippen molar-refractivity contribution < 1.29 is 8.42 Å². The Hall–Kier alpha value is -3.12. The molecule has 0 unspecified atom stereocenters. The number of para-hydroxylation sites is 3. The van der Waals surface area contributed by atoms with E-state index in [0.29, 0.717) is 12.1 Å². The zero-order chi connectivity index (χ0) is 21.1. The van der Waals surface area contributed by atoms with Crippen LogP contribution in [0.25, 0.3) is 11.0 Å². The van der Waals surface area contributed by atoms with Crippen LogP contribution in [0.15, 0.2) is 77.7 Å². The first-order valence-electron chi connectivity index (χ1n) is 10.1. The first-order chi connectivity index (χ1) is 14.5. The van der Waals surface area contributed by atoms with Crippen molar-refractivity contribution >= 4 is 26.7 Å². The van der Waals surface area contributed by atoms with Crippen LogP contribution in [-0.4, -0.2) is 18.0 Å². The monoisotopic (exact) mass is 419 g/mol. The van der Waals surface area contributed by atoms with Gasteiger partial charge in [0.15, 0.2) is 0 Å². The summed E-state index contributed by atoms with van der Waals surface area (Å²) in [6.07, 6.45) is 2.28. The van der Waals surface area contributed by atoms with E-state index in [1.165, 1.54) is 0 Å². The molecule has 0 saturated heterocycles. The number of anilines is 1. The molecular formula is C24H25N3O2S. The van der Waals surface area contributed by atoms with Crippen molar-refractivity contribution in [2.24, 2.45) is 7.05 Å². The fourth-order valence-electron chi connectivity index (χ4n) is 3.61. The quantitative estimate of drug-likeness (QED) is 0.471. The number of hydrogen-bond donors (Lipinski definition) is 1. The third-order valence-electron chi connectivity index (χ3n) is 5.40. The molecule has 154 valence electrons. The summed E-state index contributed by atoms with van der Waals surface area (Å²) in [6, 6.07) is 22.6. The molecule has 5 nitrogen and oxygen atoms in total. The van der Waals surface area contributed by atoms with Crippen molar-refractivity contribution in [3.05, 3.63) is 89.7 Å². The van der Waals surface area contributed by atoms with E-state index in [2.05, 4.69) is 15.4 Å². The predicted molar refractivity (Wildman–Crippen MR) is 121 cm³/mol. The lowest BCUT2D eigenvalue weighted by Crippen LogP contribution is -2.14. The maximum Gasteiger partial charge on any atom is 0.261 e. The molecule has 0 radical (unpaired) electrons. The van der Waals surface area contributed by atoms with Gasteiger partial charge in [0.25, 0.3) is 10.0 Å². The molecule has 0 atom stereocenters. The van der Waals surface area contributed by atoms with E-state index in [9.17, 15) is 8.42 Å². The van der Waals surface area contributed by atoms with Gasteiger partial charge < -0.3 is 4.57 Å². The van der Waals surface area contributed by atoms with Crippen LogP contribution >= 0.6 is 0 Å². The molecule has 3 aromatic carbocycles. The molecule has 0 fully saturated rings. The number of benzene rings is 3. The van der Waals surface area contributed by atoms with Crippen LogP contribution in [0.3, 0.4) is 0 Å². The second-order valence-corrected chi connectivity index (χ2v) is 9.02. The van der Waals surface area contributed by atoms with E-state index < -0.39 is 10.0 Å². The van der Waals surface area contributed by atoms with Crippen LogP contribution in [0.4, 0.5) is 5.69 Å². The highest BCUT2D eigenvalue weighted by Gasteiger charge is 2.16. The molecule has 1 aromatic heterocycles. The van der Waals surface area contributed by atoms with Crippen molar-refractivity contribution in [3.63, 3.8) is 0 Å². The molecule has 0 amide bonds. The number of fused-ring (bicyclic) bond motifs is 1. The largest absolute Gasteiger partial charge is 0.331 e. The summed E-state index contributed by atoms with van der Waals surface area (Å²) in [5.41, 5.74) is 4.72. The van der Waals surface area contributed by atoms with Gasteiger partial charge in [0.1, 0.15) is 5.82 Å². The van der Waals surface area contributed by atoms with E-state index in [4.69, 9.17) is 4.98 Å². The Labute approximate surface area is 177 Å². The maximum atomic E-state index is 12.9. The topological polar surface area (TPSA) is 64.0 Å². The van der Waals surface area contributed by atoms with Crippen molar-refractivity contribution in [1.82, 2.24) is 9.55 Å². The first-order valence-corrected chi connectivity index (χ1v) is 11.6. The zero-order valence-corrected chi connectivity index (χ0v) is 18.0. The minimum atomic E-state index is -3.64. The van der Waals surface area contributed by atoms with Crippen LogP contribution in [0, 0.1) is 0 Å². The fraction of sp³-hybridized carbons (Fsp3) is 0.208. The second kappa shape index (κ2) is 8.32. The Bertz CT molecular complexity index is 1280. The molecule has 0 aliphatic carbocycles. The van der Waals surface area contributed by atoms with Gasteiger partial charge in [0.05, 0.1) is 21.6 Å². The zero-order valence-electron chi connectivity index (χ0n) is 17.2. The van der Waals surface area contributed by atoms with Gasteiger partial charge in [-0.15, -0.1) is 0 Å². The Morgan fingerprint density at radius 3 is 2.33 bits per heavy atom. The van der Waals surface area contributed by atoms with Gasteiger partial charge in [0.2, 0.25) is 0 Å². The normalized spacial score (nSPS) is 11.7.